The van der Waals surface area contributed by atoms with Crippen molar-refractivity contribution in [3.63, 3.8) is 0 Å². The zero-order chi connectivity index (χ0) is 15.4. The summed E-state index contributed by atoms with van der Waals surface area (Å²) in [7, 11) is 0. The molecule has 124 valence electrons. The van der Waals surface area contributed by atoms with Gasteiger partial charge in [-0.1, -0.05) is 0 Å². The molecule has 3 saturated heterocycles. The van der Waals surface area contributed by atoms with Gasteiger partial charge in [-0.3, -0.25) is 14.5 Å². The van der Waals surface area contributed by atoms with Gasteiger partial charge in [0.1, 0.15) is 0 Å². The third-order valence-electron chi connectivity index (χ3n) is 5.08. The summed E-state index contributed by atoms with van der Waals surface area (Å²) in [5.74, 6) is 0.720. The van der Waals surface area contributed by atoms with E-state index in [9.17, 15) is 9.59 Å². The summed E-state index contributed by atoms with van der Waals surface area (Å²) in [4.78, 5) is 30.8. The first kappa shape index (κ1) is 15.7. The Kier molecular flexibility index (Phi) is 5.31. The molecule has 3 rings (SSSR count). The lowest BCUT2D eigenvalue weighted by Crippen LogP contribution is -2.48. The molecule has 3 aliphatic heterocycles. The molecule has 22 heavy (non-hydrogen) atoms. The number of carbonyl (C=O) groups excluding carboxylic acids is 2. The topological polar surface area (TPSA) is 53.1 Å². The van der Waals surface area contributed by atoms with Crippen LogP contribution in [0.4, 0.5) is 0 Å². The van der Waals surface area contributed by atoms with E-state index < -0.39 is 0 Å². The number of ether oxygens (including phenoxy) is 1. The molecule has 3 fully saturated rings. The van der Waals surface area contributed by atoms with Crippen LogP contribution < -0.4 is 0 Å². The molecule has 0 spiro atoms. The van der Waals surface area contributed by atoms with Crippen LogP contribution >= 0.6 is 0 Å². The van der Waals surface area contributed by atoms with Gasteiger partial charge in [-0.15, -0.1) is 0 Å². The van der Waals surface area contributed by atoms with Crippen LogP contribution in [0.1, 0.15) is 25.7 Å². The van der Waals surface area contributed by atoms with E-state index in [0.717, 1.165) is 51.9 Å². The Morgan fingerprint density at radius 2 is 1.50 bits per heavy atom. The minimum Gasteiger partial charge on any atom is -0.378 e. The molecular formula is C16H27N3O3. The molecule has 3 heterocycles. The van der Waals surface area contributed by atoms with Crippen LogP contribution in [-0.4, -0.2) is 85.5 Å². The van der Waals surface area contributed by atoms with E-state index in [1.165, 1.54) is 0 Å². The van der Waals surface area contributed by atoms with Gasteiger partial charge >= 0.3 is 0 Å². The van der Waals surface area contributed by atoms with Crippen LogP contribution in [0.5, 0.6) is 0 Å². The van der Waals surface area contributed by atoms with Crippen molar-refractivity contribution in [3.05, 3.63) is 0 Å². The fourth-order valence-electron chi connectivity index (χ4n) is 3.64. The number of hydrogen-bond donors (Lipinski definition) is 0. The third-order valence-corrected chi connectivity index (χ3v) is 5.08. The maximum absolute atomic E-state index is 12.4. The highest BCUT2D eigenvalue weighted by Gasteiger charge is 2.30. The lowest BCUT2D eigenvalue weighted by molar-refractivity contribution is -0.138. The van der Waals surface area contributed by atoms with Gasteiger partial charge in [0, 0.05) is 32.1 Å². The van der Waals surface area contributed by atoms with E-state index in [2.05, 4.69) is 4.90 Å². The second-order valence-corrected chi connectivity index (χ2v) is 6.58. The molecular weight excluding hydrogens is 282 g/mol. The van der Waals surface area contributed by atoms with Crippen LogP contribution in [-0.2, 0) is 14.3 Å². The first-order chi connectivity index (χ1) is 10.7. The molecule has 0 bridgehead atoms. The van der Waals surface area contributed by atoms with Crippen molar-refractivity contribution in [2.75, 3.05) is 59.0 Å². The standard InChI is InChI=1S/C16H27N3O3/c20-15(18-9-11-22-12-10-18)13-17-7-3-14(4-8-17)16(21)19-5-1-2-6-19/h14H,1-13H2. The Hall–Kier alpha value is -1.14. The van der Waals surface area contributed by atoms with Gasteiger partial charge in [0.2, 0.25) is 11.8 Å². The molecule has 0 aromatic heterocycles. The van der Waals surface area contributed by atoms with Gasteiger partial charge < -0.3 is 14.5 Å². The Balaban J connectivity index is 1.41. The molecule has 0 unspecified atom stereocenters. The summed E-state index contributed by atoms with van der Waals surface area (Å²) in [5, 5.41) is 0. The Morgan fingerprint density at radius 1 is 0.864 bits per heavy atom. The van der Waals surface area contributed by atoms with Gasteiger partial charge in [-0.05, 0) is 38.8 Å². The number of likely N-dealkylation sites (tertiary alicyclic amines) is 2. The first-order valence-corrected chi connectivity index (χ1v) is 8.61. The van der Waals surface area contributed by atoms with Gasteiger partial charge in [0.25, 0.3) is 0 Å². The molecule has 0 aromatic rings. The smallest absolute Gasteiger partial charge is 0.236 e. The highest BCUT2D eigenvalue weighted by atomic mass is 16.5. The molecule has 0 radical (unpaired) electrons. The average Bonchev–Trinajstić information content (AvgIpc) is 3.10. The number of carbonyl (C=O) groups is 2. The number of morpholine rings is 1. The van der Waals surface area contributed by atoms with Crippen LogP contribution in [0.2, 0.25) is 0 Å². The minimum absolute atomic E-state index is 0.174. The molecule has 0 aromatic carbocycles. The fourth-order valence-corrected chi connectivity index (χ4v) is 3.64. The molecule has 6 nitrogen and oxygen atoms in total. The SMILES string of the molecule is O=C(CN1CCC(C(=O)N2CCCC2)CC1)N1CCOCC1. The summed E-state index contributed by atoms with van der Waals surface area (Å²) in [6.45, 7) is 6.82. The molecule has 0 saturated carbocycles. The second kappa shape index (κ2) is 7.42. The lowest BCUT2D eigenvalue weighted by atomic mass is 9.95. The van der Waals surface area contributed by atoms with E-state index in [-0.39, 0.29) is 11.8 Å². The minimum atomic E-state index is 0.174. The van der Waals surface area contributed by atoms with Crippen molar-refractivity contribution < 1.29 is 14.3 Å². The van der Waals surface area contributed by atoms with Gasteiger partial charge in [0.05, 0.1) is 19.8 Å². The summed E-state index contributed by atoms with van der Waals surface area (Å²) in [5.41, 5.74) is 0. The molecule has 0 aliphatic carbocycles. The third kappa shape index (κ3) is 3.79. The number of hydrogen-bond acceptors (Lipinski definition) is 4. The van der Waals surface area contributed by atoms with Crippen LogP contribution in [0, 0.1) is 5.92 Å². The lowest BCUT2D eigenvalue weighted by Gasteiger charge is -2.34. The zero-order valence-corrected chi connectivity index (χ0v) is 13.3. The van der Waals surface area contributed by atoms with Crippen molar-refractivity contribution in [1.82, 2.24) is 14.7 Å². The summed E-state index contributed by atoms with van der Waals surface area (Å²) >= 11 is 0. The van der Waals surface area contributed by atoms with Crippen molar-refractivity contribution in [2.24, 2.45) is 5.92 Å². The van der Waals surface area contributed by atoms with E-state index in [1.807, 2.05) is 9.80 Å². The molecule has 0 N–H and O–H groups in total. The van der Waals surface area contributed by atoms with E-state index in [0.29, 0.717) is 38.8 Å². The maximum atomic E-state index is 12.4. The number of rotatable bonds is 3. The van der Waals surface area contributed by atoms with E-state index >= 15 is 0 Å². The normalized spacial score (nSPS) is 24.7. The summed E-state index contributed by atoms with van der Waals surface area (Å²) < 4.78 is 5.28. The van der Waals surface area contributed by atoms with Crippen LogP contribution in [0.3, 0.4) is 0 Å². The van der Waals surface area contributed by atoms with Crippen LogP contribution in [0.15, 0.2) is 0 Å². The van der Waals surface area contributed by atoms with Gasteiger partial charge in [0.15, 0.2) is 0 Å². The largest absolute Gasteiger partial charge is 0.378 e. The quantitative estimate of drug-likeness (QED) is 0.746. The maximum Gasteiger partial charge on any atom is 0.236 e. The van der Waals surface area contributed by atoms with E-state index in [1.54, 1.807) is 0 Å². The van der Waals surface area contributed by atoms with E-state index in [4.69, 9.17) is 4.74 Å². The van der Waals surface area contributed by atoms with Gasteiger partial charge in [-0.25, -0.2) is 0 Å². The summed E-state index contributed by atoms with van der Waals surface area (Å²) in [6.07, 6.45) is 4.09. The highest BCUT2D eigenvalue weighted by molar-refractivity contribution is 5.80. The van der Waals surface area contributed by atoms with Gasteiger partial charge in [-0.2, -0.15) is 0 Å². The predicted molar refractivity (Wildman–Crippen MR) is 82.4 cm³/mol. The van der Waals surface area contributed by atoms with Crippen molar-refractivity contribution in [3.8, 4) is 0 Å². The number of nitrogens with zero attached hydrogens (tertiary/aromatic N) is 3. The zero-order valence-electron chi connectivity index (χ0n) is 13.3. The monoisotopic (exact) mass is 309 g/mol. The average molecular weight is 309 g/mol. The highest BCUT2D eigenvalue weighted by Crippen LogP contribution is 2.22. The van der Waals surface area contributed by atoms with Crippen molar-refractivity contribution >= 4 is 11.8 Å². The second-order valence-electron chi connectivity index (χ2n) is 6.58. The Bertz CT molecular complexity index is 395. The van der Waals surface area contributed by atoms with Crippen molar-refractivity contribution in [1.29, 1.82) is 0 Å². The molecule has 6 heteroatoms. The fraction of sp³-hybridized carbons (Fsp3) is 0.875. The Labute approximate surface area is 132 Å². The number of piperidine rings is 1. The Morgan fingerprint density at radius 3 is 2.14 bits per heavy atom. The molecule has 2 amide bonds. The molecule has 0 atom stereocenters. The predicted octanol–water partition coefficient (Wildman–Crippen LogP) is 0.180. The van der Waals surface area contributed by atoms with Crippen molar-refractivity contribution in [2.45, 2.75) is 25.7 Å². The molecule has 3 aliphatic rings. The summed E-state index contributed by atoms with van der Waals surface area (Å²) in [6, 6.07) is 0. The number of amides is 2. The first-order valence-electron chi connectivity index (χ1n) is 8.61. The van der Waals surface area contributed by atoms with Crippen LogP contribution in [0.25, 0.3) is 0 Å².